The number of hydrogen-bond donors (Lipinski definition) is 1. The van der Waals surface area contributed by atoms with Gasteiger partial charge in [-0.25, -0.2) is 0 Å². The van der Waals surface area contributed by atoms with E-state index in [-0.39, 0.29) is 0 Å². The van der Waals surface area contributed by atoms with Crippen LogP contribution in [0, 0.1) is 11.8 Å². The highest BCUT2D eigenvalue weighted by Gasteiger charge is 2.22. The average molecular weight is 268 g/mol. The van der Waals surface area contributed by atoms with Gasteiger partial charge in [0.15, 0.2) is 0 Å². The van der Waals surface area contributed by atoms with Crippen molar-refractivity contribution < 1.29 is 0 Å². The van der Waals surface area contributed by atoms with Crippen LogP contribution in [0.4, 0.5) is 0 Å². The highest BCUT2D eigenvalue weighted by molar-refractivity contribution is 9.10. The first-order valence-corrected chi connectivity index (χ1v) is 6.47. The van der Waals surface area contributed by atoms with Crippen LogP contribution in [0.5, 0.6) is 0 Å². The van der Waals surface area contributed by atoms with Crippen LogP contribution in [0.3, 0.4) is 0 Å². The second-order valence-corrected chi connectivity index (χ2v) is 5.54. The van der Waals surface area contributed by atoms with Gasteiger partial charge in [-0.05, 0) is 60.9 Å². The number of fused-ring (bicyclic) bond motifs is 1. The SMILES string of the molecule is CC(CN)C1CCc2cc(Br)ccc2C1. The van der Waals surface area contributed by atoms with Gasteiger partial charge in [-0.2, -0.15) is 0 Å². The number of nitrogens with two attached hydrogens (primary N) is 1. The van der Waals surface area contributed by atoms with Crippen molar-refractivity contribution in [3.8, 4) is 0 Å². The van der Waals surface area contributed by atoms with E-state index in [1.807, 2.05) is 0 Å². The van der Waals surface area contributed by atoms with E-state index in [4.69, 9.17) is 5.73 Å². The number of rotatable bonds is 2. The summed E-state index contributed by atoms with van der Waals surface area (Å²) < 4.78 is 1.20. The normalized spacial score (nSPS) is 22.2. The lowest BCUT2D eigenvalue weighted by molar-refractivity contribution is 0.327. The molecule has 2 N–H and O–H groups in total. The summed E-state index contributed by atoms with van der Waals surface area (Å²) in [7, 11) is 0. The van der Waals surface area contributed by atoms with Crippen molar-refractivity contribution in [2.24, 2.45) is 17.6 Å². The predicted molar refractivity (Wildman–Crippen MR) is 67.9 cm³/mol. The Kier molecular flexibility index (Phi) is 3.47. The van der Waals surface area contributed by atoms with Crippen LogP contribution >= 0.6 is 15.9 Å². The molecule has 0 saturated carbocycles. The van der Waals surface area contributed by atoms with Crippen molar-refractivity contribution in [2.45, 2.75) is 26.2 Å². The monoisotopic (exact) mass is 267 g/mol. The van der Waals surface area contributed by atoms with Crippen LogP contribution < -0.4 is 5.73 Å². The van der Waals surface area contributed by atoms with Crippen molar-refractivity contribution in [3.63, 3.8) is 0 Å². The first kappa shape index (κ1) is 11.2. The summed E-state index contributed by atoms with van der Waals surface area (Å²) in [4.78, 5) is 0. The Bertz CT molecular complexity index is 348. The van der Waals surface area contributed by atoms with Crippen LogP contribution in [0.15, 0.2) is 22.7 Å². The quantitative estimate of drug-likeness (QED) is 0.876. The molecular weight excluding hydrogens is 250 g/mol. The Balaban J connectivity index is 2.16. The number of hydrogen-bond acceptors (Lipinski definition) is 1. The van der Waals surface area contributed by atoms with Gasteiger partial charge in [0.2, 0.25) is 0 Å². The maximum atomic E-state index is 5.74. The first-order chi connectivity index (χ1) is 7.20. The van der Waals surface area contributed by atoms with Crippen LogP contribution in [0.1, 0.15) is 24.5 Å². The van der Waals surface area contributed by atoms with Gasteiger partial charge in [-0.15, -0.1) is 0 Å². The molecule has 2 unspecified atom stereocenters. The maximum Gasteiger partial charge on any atom is 0.0178 e. The fourth-order valence-corrected chi connectivity index (χ4v) is 2.84. The number of benzene rings is 1. The fourth-order valence-electron chi connectivity index (χ4n) is 2.43. The highest BCUT2D eigenvalue weighted by atomic mass is 79.9. The molecule has 15 heavy (non-hydrogen) atoms. The number of halogens is 1. The molecule has 1 aliphatic carbocycles. The zero-order chi connectivity index (χ0) is 10.8. The molecular formula is C13H18BrN. The molecule has 0 radical (unpaired) electrons. The molecule has 0 amide bonds. The lowest BCUT2D eigenvalue weighted by Crippen LogP contribution is -2.26. The lowest BCUT2D eigenvalue weighted by Gasteiger charge is -2.28. The smallest absolute Gasteiger partial charge is 0.0178 e. The largest absolute Gasteiger partial charge is 0.330 e. The minimum atomic E-state index is 0.654. The van der Waals surface area contributed by atoms with E-state index >= 15 is 0 Å². The van der Waals surface area contributed by atoms with Crippen molar-refractivity contribution >= 4 is 15.9 Å². The zero-order valence-corrected chi connectivity index (χ0v) is 10.8. The van der Waals surface area contributed by atoms with Crippen LogP contribution in [0.2, 0.25) is 0 Å². The summed E-state index contributed by atoms with van der Waals surface area (Å²) >= 11 is 3.53. The lowest BCUT2D eigenvalue weighted by atomic mass is 9.78. The van der Waals surface area contributed by atoms with Crippen molar-refractivity contribution in [1.29, 1.82) is 0 Å². The molecule has 2 rings (SSSR count). The summed E-state index contributed by atoms with van der Waals surface area (Å²) in [6, 6.07) is 6.67. The van der Waals surface area contributed by atoms with Gasteiger partial charge < -0.3 is 5.73 Å². The van der Waals surface area contributed by atoms with E-state index in [1.165, 1.54) is 34.9 Å². The van der Waals surface area contributed by atoms with E-state index in [1.54, 1.807) is 0 Å². The van der Waals surface area contributed by atoms with E-state index in [0.717, 1.165) is 12.5 Å². The third kappa shape index (κ3) is 2.43. The summed E-state index contributed by atoms with van der Waals surface area (Å²) in [5.41, 5.74) is 8.78. The third-order valence-corrected chi connectivity index (χ3v) is 4.10. The highest BCUT2D eigenvalue weighted by Crippen LogP contribution is 2.31. The molecule has 0 aromatic heterocycles. The van der Waals surface area contributed by atoms with Crippen LogP contribution in [-0.4, -0.2) is 6.54 Å². The molecule has 2 atom stereocenters. The molecule has 0 aliphatic heterocycles. The van der Waals surface area contributed by atoms with E-state index < -0.39 is 0 Å². The molecule has 0 heterocycles. The summed E-state index contributed by atoms with van der Waals surface area (Å²) in [5.74, 6) is 1.44. The van der Waals surface area contributed by atoms with Gasteiger partial charge in [0, 0.05) is 4.47 Å². The van der Waals surface area contributed by atoms with E-state index in [2.05, 4.69) is 41.1 Å². The van der Waals surface area contributed by atoms with Gasteiger partial charge in [0.25, 0.3) is 0 Å². The van der Waals surface area contributed by atoms with Crippen LogP contribution in [-0.2, 0) is 12.8 Å². The summed E-state index contributed by atoms with van der Waals surface area (Å²) in [6.45, 7) is 3.09. The summed E-state index contributed by atoms with van der Waals surface area (Å²) in [5, 5.41) is 0. The van der Waals surface area contributed by atoms with Crippen LogP contribution in [0.25, 0.3) is 0 Å². The Morgan fingerprint density at radius 3 is 3.00 bits per heavy atom. The van der Waals surface area contributed by atoms with Crippen molar-refractivity contribution in [3.05, 3.63) is 33.8 Å². The van der Waals surface area contributed by atoms with E-state index in [9.17, 15) is 0 Å². The second-order valence-electron chi connectivity index (χ2n) is 4.63. The minimum Gasteiger partial charge on any atom is -0.330 e. The second kappa shape index (κ2) is 4.67. The molecule has 0 bridgehead atoms. The van der Waals surface area contributed by atoms with Gasteiger partial charge in [-0.3, -0.25) is 0 Å². The molecule has 1 nitrogen and oxygen atoms in total. The average Bonchev–Trinajstić information content (AvgIpc) is 2.27. The molecule has 1 aliphatic rings. The van der Waals surface area contributed by atoms with Gasteiger partial charge in [0.1, 0.15) is 0 Å². The zero-order valence-electron chi connectivity index (χ0n) is 9.17. The molecule has 1 aromatic carbocycles. The van der Waals surface area contributed by atoms with E-state index in [0.29, 0.717) is 5.92 Å². The molecule has 82 valence electrons. The van der Waals surface area contributed by atoms with Crippen molar-refractivity contribution in [1.82, 2.24) is 0 Å². The molecule has 2 heteroatoms. The Morgan fingerprint density at radius 2 is 2.27 bits per heavy atom. The number of aryl methyl sites for hydroxylation is 1. The first-order valence-electron chi connectivity index (χ1n) is 5.68. The van der Waals surface area contributed by atoms with Gasteiger partial charge >= 0.3 is 0 Å². The molecule has 0 saturated heterocycles. The predicted octanol–water partition coefficient (Wildman–Crippen LogP) is 3.15. The Labute approximate surface area is 100 Å². The third-order valence-electron chi connectivity index (χ3n) is 3.61. The Hall–Kier alpha value is -0.340. The van der Waals surface area contributed by atoms with Gasteiger partial charge in [0.05, 0.1) is 0 Å². The standard InChI is InChI=1S/C13H18BrN/c1-9(8-15)10-2-3-12-7-13(14)5-4-11(12)6-10/h4-5,7,9-10H,2-3,6,8,15H2,1H3. The maximum absolute atomic E-state index is 5.74. The fraction of sp³-hybridized carbons (Fsp3) is 0.538. The molecule has 0 fully saturated rings. The van der Waals surface area contributed by atoms with Crippen molar-refractivity contribution in [2.75, 3.05) is 6.54 Å². The molecule has 0 spiro atoms. The molecule has 1 aromatic rings. The Morgan fingerprint density at radius 1 is 1.47 bits per heavy atom. The summed E-state index contributed by atoms with van der Waals surface area (Å²) in [6.07, 6.45) is 3.71. The topological polar surface area (TPSA) is 26.0 Å². The minimum absolute atomic E-state index is 0.654. The van der Waals surface area contributed by atoms with Gasteiger partial charge in [-0.1, -0.05) is 28.9 Å².